The van der Waals surface area contributed by atoms with Gasteiger partial charge < -0.3 is 14.2 Å². The summed E-state index contributed by atoms with van der Waals surface area (Å²) < 4.78 is 5.36. The number of benzene rings is 1. The topological polar surface area (TPSA) is 36.7 Å². The van der Waals surface area contributed by atoms with E-state index >= 15 is 0 Å². The smallest absolute Gasteiger partial charge is 0.289 e. The Morgan fingerprint density at radius 3 is 2.54 bits per heavy atom. The number of nitrogens with zero attached hydrogens (tertiary/aromatic N) is 2. The van der Waals surface area contributed by atoms with E-state index in [0.717, 1.165) is 49.5 Å². The van der Waals surface area contributed by atoms with E-state index < -0.39 is 0 Å². The maximum atomic E-state index is 13.0. The van der Waals surface area contributed by atoms with Crippen LogP contribution in [0, 0.1) is 11.8 Å². The number of likely N-dealkylation sites (tertiary alicyclic amines) is 1. The van der Waals surface area contributed by atoms with E-state index in [1.54, 1.807) is 18.4 Å². The SMILES string of the molecule is CC(C)CN1CCC([C@@H](Cc2ccccc2Cl)N(C)C(=O)c2ccco2)CC1. The van der Waals surface area contributed by atoms with Crippen LogP contribution in [-0.2, 0) is 6.42 Å². The van der Waals surface area contributed by atoms with E-state index in [9.17, 15) is 4.79 Å². The van der Waals surface area contributed by atoms with E-state index in [1.807, 2.05) is 30.1 Å². The largest absolute Gasteiger partial charge is 0.459 e. The van der Waals surface area contributed by atoms with Gasteiger partial charge in [0.25, 0.3) is 5.91 Å². The summed E-state index contributed by atoms with van der Waals surface area (Å²) in [4.78, 5) is 17.4. The van der Waals surface area contributed by atoms with Crippen molar-refractivity contribution in [2.24, 2.45) is 11.8 Å². The minimum Gasteiger partial charge on any atom is -0.459 e. The maximum absolute atomic E-state index is 13.0. The molecule has 0 aliphatic carbocycles. The number of piperidine rings is 1. The summed E-state index contributed by atoms with van der Waals surface area (Å²) in [5.74, 6) is 1.46. The molecule has 0 unspecified atom stereocenters. The highest BCUT2D eigenvalue weighted by molar-refractivity contribution is 6.31. The van der Waals surface area contributed by atoms with E-state index in [2.05, 4.69) is 24.8 Å². The number of carbonyl (C=O) groups excluding carboxylic acids is 1. The summed E-state index contributed by atoms with van der Waals surface area (Å²) >= 11 is 6.44. The monoisotopic (exact) mass is 402 g/mol. The van der Waals surface area contributed by atoms with Crippen molar-refractivity contribution in [3.05, 3.63) is 59.0 Å². The predicted molar refractivity (Wildman–Crippen MR) is 114 cm³/mol. The number of furan rings is 1. The number of hydrogen-bond acceptors (Lipinski definition) is 3. The molecule has 3 rings (SSSR count). The standard InChI is InChI=1S/C23H31ClN2O2/c1-17(2)16-26-12-10-18(11-13-26)21(15-19-7-4-5-8-20(19)24)25(3)23(27)22-9-6-14-28-22/h4-9,14,17-18,21H,10-13,15-16H2,1-3H3/t21-/m1/s1. The van der Waals surface area contributed by atoms with Gasteiger partial charge in [-0.15, -0.1) is 0 Å². The molecule has 0 spiro atoms. The molecule has 0 saturated carbocycles. The summed E-state index contributed by atoms with van der Waals surface area (Å²) in [6.07, 6.45) is 4.50. The second-order valence-electron chi connectivity index (χ2n) is 8.29. The molecule has 0 radical (unpaired) electrons. The summed E-state index contributed by atoms with van der Waals surface area (Å²) in [5, 5.41) is 0.767. The summed E-state index contributed by atoms with van der Waals surface area (Å²) in [7, 11) is 1.90. The van der Waals surface area contributed by atoms with Crippen LogP contribution in [0.5, 0.6) is 0 Å². The molecular weight excluding hydrogens is 372 g/mol. The molecular formula is C23H31ClN2O2. The number of likely N-dealkylation sites (N-methyl/N-ethyl adjacent to an activating group) is 1. The van der Waals surface area contributed by atoms with Crippen LogP contribution in [0.2, 0.25) is 5.02 Å². The first kappa shape index (κ1) is 20.9. The van der Waals surface area contributed by atoms with Gasteiger partial charge in [0.1, 0.15) is 0 Å². The van der Waals surface area contributed by atoms with Gasteiger partial charge >= 0.3 is 0 Å². The zero-order valence-corrected chi connectivity index (χ0v) is 17.9. The Labute approximate surface area is 173 Å². The van der Waals surface area contributed by atoms with E-state index in [1.165, 1.54) is 0 Å². The second-order valence-corrected chi connectivity index (χ2v) is 8.70. The molecule has 1 atom stereocenters. The summed E-state index contributed by atoms with van der Waals surface area (Å²) in [5.41, 5.74) is 1.10. The molecule has 1 aliphatic heterocycles. The first-order chi connectivity index (χ1) is 13.5. The van der Waals surface area contributed by atoms with E-state index in [4.69, 9.17) is 16.0 Å². The summed E-state index contributed by atoms with van der Waals surface area (Å²) in [6, 6.07) is 11.5. The first-order valence-electron chi connectivity index (χ1n) is 10.2. The van der Waals surface area contributed by atoms with Crippen LogP contribution in [0.15, 0.2) is 47.1 Å². The van der Waals surface area contributed by atoms with Crippen molar-refractivity contribution in [3.63, 3.8) is 0 Å². The molecule has 1 saturated heterocycles. The van der Waals surface area contributed by atoms with Crippen molar-refractivity contribution in [3.8, 4) is 0 Å². The molecule has 2 heterocycles. The summed E-state index contributed by atoms with van der Waals surface area (Å²) in [6.45, 7) is 7.85. The molecule has 28 heavy (non-hydrogen) atoms. The number of halogens is 1. The van der Waals surface area contributed by atoms with Gasteiger partial charge in [0.2, 0.25) is 0 Å². The second kappa shape index (κ2) is 9.62. The van der Waals surface area contributed by atoms with Crippen molar-refractivity contribution >= 4 is 17.5 Å². The van der Waals surface area contributed by atoms with Gasteiger partial charge in [-0.3, -0.25) is 4.79 Å². The molecule has 1 aromatic carbocycles. The molecule has 5 heteroatoms. The Balaban J connectivity index is 1.77. The number of amides is 1. The van der Waals surface area contributed by atoms with Crippen LogP contribution in [0.1, 0.15) is 42.8 Å². The highest BCUT2D eigenvalue weighted by Crippen LogP contribution is 2.29. The van der Waals surface area contributed by atoms with Crippen LogP contribution < -0.4 is 0 Å². The van der Waals surface area contributed by atoms with Crippen molar-refractivity contribution in [1.29, 1.82) is 0 Å². The van der Waals surface area contributed by atoms with Gasteiger partial charge in [0.05, 0.1) is 6.26 Å². The molecule has 152 valence electrons. The number of rotatable bonds is 7. The molecule has 4 nitrogen and oxygen atoms in total. The molecule has 1 fully saturated rings. The fourth-order valence-electron chi connectivity index (χ4n) is 4.27. The zero-order chi connectivity index (χ0) is 20.1. The third-order valence-electron chi connectivity index (χ3n) is 5.74. The Morgan fingerprint density at radius 1 is 1.21 bits per heavy atom. The van der Waals surface area contributed by atoms with Gasteiger partial charge in [0, 0.05) is 24.7 Å². The third kappa shape index (κ3) is 5.18. The minimum atomic E-state index is -0.0633. The average Bonchev–Trinajstić information content (AvgIpc) is 3.21. The molecule has 0 N–H and O–H groups in total. The van der Waals surface area contributed by atoms with Crippen LogP contribution in [0.25, 0.3) is 0 Å². The van der Waals surface area contributed by atoms with Gasteiger partial charge in [-0.25, -0.2) is 0 Å². The Hall–Kier alpha value is -1.78. The quantitative estimate of drug-likeness (QED) is 0.655. The predicted octanol–water partition coefficient (Wildman–Crippen LogP) is 4.98. The zero-order valence-electron chi connectivity index (χ0n) is 17.1. The Bertz CT molecular complexity index is 752. The fraction of sp³-hybridized carbons (Fsp3) is 0.522. The maximum Gasteiger partial charge on any atom is 0.289 e. The van der Waals surface area contributed by atoms with Crippen molar-refractivity contribution < 1.29 is 9.21 Å². The number of carbonyl (C=O) groups is 1. The molecule has 1 aromatic heterocycles. The van der Waals surface area contributed by atoms with Gasteiger partial charge in [-0.05, 0) is 68.0 Å². The Morgan fingerprint density at radius 2 is 1.93 bits per heavy atom. The van der Waals surface area contributed by atoms with Crippen LogP contribution in [-0.4, -0.2) is 48.4 Å². The van der Waals surface area contributed by atoms with Crippen LogP contribution >= 0.6 is 11.6 Å². The molecule has 1 amide bonds. The lowest BCUT2D eigenvalue weighted by atomic mass is 9.84. The number of hydrogen-bond donors (Lipinski definition) is 0. The fourth-order valence-corrected chi connectivity index (χ4v) is 4.48. The molecule has 2 aromatic rings. The van der Waals surface area contributed by atoms with Crippen molar-refractivity contribution in [1.82, 2.24) is 9.80 Å². The normalized spacial score (nSPS) is 17.0. The van der Waals surface area contributed by atoms with E-state index in [0.29, 0.717) is 17.6 Å². The Kier molecular flexibility index (Phi) is 7.19. The van der Waals surface area contributed by atoms with E-state index in [-0.39, 0.29) is 11.9 Å². The lowest BCUT2D eigenvalue weighted by Crippen LogP contribution is -2.47. The highest BCUT2D eigenvalue weighted by Gasteiger charge is 2.33. The lowest BCUT2D eigenvalue weighted by molar-refractivity contribution is 0.0553. The molecule has 1 aliphatic rings. The molecule has 0 bridgehead atoms. The van der Waals surface area contributed by atoms with Crippen LogP contribution in [0.3, 0.4) is 0 Å². The lowest BCUT2D eigenvalue weighted by Gasteiger charge is -2.40. The van der Waals surface area contributed by atoms with Gasteiger partial charge in [-0.1, -0.05) is 43.6 Å². The van der Waals surface area contributed by atoms with Crippen molar-refractivity contribution in [2.75, 3.05) is 26.7 Å². The third-order valence-corrected chi connectivity index (χ3v) is 6.11. The minimum absolute atomic E-state index is 0.0633. The average molecular weight is 403 g/mol. The van der Waals surface area contributed by atoms with Gasteiger partial charge in [0.15, 0.2) is 5.76 Å². The van der Waals surface area contributed by atoms with Crippen molar-refractivity contribution in [2.45, 2.75) is 39.2 Å². The van der Waals surface area contributed by atoms with Crippen LogP contribution in [0.4, 0.5) is 0 Å². The highest BCUT2D eigenvalue weighted by atomic mass is 35.5. The first-order valence-corrected chi connectivity index (χ1v) is 10.6. The van der Waals surface area contributed by atoms with Gasteiger partial charge in [-0.2, -0.15) is 0 Å².